The second-order valence-corrected chi connectivity index (χ2v) is 4.78. The summed E-state index contributed by atoms with van der Waals surface area (Å²) < 4.78 is 7.14. The number of nitrogens with zero attached hydrogens (tertiary/aromatic N) is 3. The molecule has 1 aromatic carbocycles. The standard InChI is InChI=1S/C15H19N3O4/c1-2-11-5-3-6-12(9-11)22-10-13-14(15(20)21)16-17-18(13)7-4-8-19/h3,5-6,9,19H,2,4,7-8,10H2,1H3,(H,20,21). The number of benzene rings is 1. The van der Waals surface area contributed by atoms with Crippen molar-refractivity contribution in [2.75, 3.05) is 6.61 Å². The van der Waals surface area contributed by atoms with Crippen LogP contribution in [0.4, 0.5) is 0 Å². The van der Waals surface area contributed by atoms with Crippen LogP contribution in [0.3, 0.4) is 0 Å². The first kappa shape index (κ1) is 16.0. The van der Waals surface area contributed by atoms with Crippen molar-refractivity contribution >= 4 is 5.97 Å². The zero-order valence-corrected chi connectivity index (χ0v) is 12.4. The lowest BCUT2D eigenvalue weighted by molar-refractivity contribution is 0.0687. The van der Waals surface area contributed by atoms with Crippen molar-refractivity contribution in [3.05, 3.63) is 41.2 Å². The first-order chi connectivity index (χ1) is 10.7. The maximum atomic E-state index is 11.2. The van der Waals surface area contributed by atoms with Crippen molar-refractivity contribution in [3.8, 4) is 5.75 Å². The monoisotopic (exact) mass is 305 g/mol. The van der Waals surface area contributed by atoms with Gasteiger partial charge in [0.05, 0.1) is 0 Å². The average molecular weight is 305 g/mol. The summed E-state index contributed by atoms with van der Waals surface area (Å²) in [6.07, 6.45) is 1.37. The fraction of sp³-hybridized carbons (Fsp3) is 0.400. The zero-order chi connectivity index (χ0) is 15.9. The van der Waals surface area contributed by atoms with Gasteiger partial charge in [0, 0.05) is 13.2 Å². The molecule has 0 saturated heterocycles. The van der Waals surface area contributed by atoms with Crippen LogP contribution in [0.1, 0.15) is 35.1 Å². The first-order valence-corrected chi connectivity index (χ1v) is 7.14. The molecule has 0 saturated carbocycles. The van der Waals surface area contributed by atoms with Crippen LogP contribution in [0.15, 0.2) is 24.3 Å². The smallest absolute Gasteiger partial charge is 0.358 e. The summed E-state index contributed by atoms with van der Waals surface area (Å²) in [7, 11) is 0. The van der Waals surface area contributed by atoms with Gasteiger partial charge in [0.1, 0.15) is 18.1 Å². The number of ether oxygens (including phenoxy) is 1. The van der Waals surface area contributed by atoms with E-state index >= 15 is 0 Å². The molecule has 0 aliphatic rings. The predicted molar refractivity (Wildman–Crippen MR) is 78.8 cm³/mol. The van der Waals surface area contributed by atoms with E-state index in [1.807, 2.05) is 24.3 Å². The topological polar surface area (TPSA) is 97.5 Å². The molecule has 22 heavy (non-hydrogen) atoms. The summed E-state index contributed by atoms with van der Waals surface area (Å²) in [5.74, 6) is -0.471. The molecule has 0 spiro atoms. The molecule has 1 aromatic heterocycles. The van der Waals surface area contributed by atoms with Gasteiger partial charge in [-0.05, 0) is 30.5 Å². The fourth-order valence-corrected chi connectivity index (χ4v) is 2.05. The fourth-order valence-electron chi connectivity index (χ4n) is 2.05. The summed E-state index contributed by atoms with van der Waals surface area (Å²) in [5, 5.41) is 25.5. The zero-order valence-electron chi connectivity index (χ0n) is 12.4. The van der Waals surface area contributed by atoms with Gasteiger partial charge in [0.2, 0.25) is 0 Å². The van der Waals surface area contributed by atoms with Gasteiger partial charge in [-0.2, -0.15) is 0 Å². The van der Waals surface area contributed by atoms with Crippen LogP contribution >= 0.6 is 0 Å². The summed E-state index contributed by atoms with van der Waals surface area (Å²) in [5.41, 5.74) is 1.41. The molecule has 7 heteroatoms. The van der Waals surface area contributed by atoms with Crippen molar-refractivity contribution in [2.24, 2.45) is 0 Å². The molecule has 0 aliphatic heterocycles. The highest BCUT2D eigenvalue weighted by Crippen LogP contribution is 2.16. The molecule has 0 unspecified atom stereocenters. The largest absolute Gasteiger partial charge is 0.487 e. The lowest BCUT2D eigenvalue weighted by atomic mass is 10.2. The van der Waals surface area contributed by atoms with Gasteiger partial charge >= 0.3 is 5.97 Å². The molecule has 0 radical (unpaired) electrons. The molecule has 0 fully saturated rings. The van der Waals surface area contributed by atoms with Crippen molar-refractivity contribution in [1.82, 2.24) is 15.0 Å². The molecule has 0 bridgehead atoms. The Bertz CT molecular complexity index is 639. The third-order valence-corrected chi connectivity index (χ3v) is 3.25. The van der Waals surface area contributed by atoms with E-state index in [0.717, 1.165) is 12.0 Å². The molecule has 2 rings (SSSR count). The minimum absolute atomic E-state index is 0.00110. The summed E-state index contributed by atoms with van der Waals surface area (Å²) in [6.45, 7) is 2.51. The van der Waals surface area contributed by atoms with Crippen molar-refractivity contribution in [2.45, 2.75) is 32.9 Å². The molecule has 0 aliphatic carbocycles. The molecule has 118 valence electrons. The van der Waals surface area contributed by atoms with Crippen LogP contribution in [-0.2, 0) is 19.6 Å². The number of carboxylic acids is 1. The Kier molecular flexibility index (Phi) is 5.48. The van der Waals surface area contributed by atoms with Crippen LogP contribution in [0.25, 0.3) is 0 Å². The van der Waals surface area contributed by atoms with E-state index in [4.69, 9.17) is 14.9 Å². The van der Waals surface area contributed by atoms with Gasteiger partial charge in [0.25, 0.3) is 0 Å². The minimum Gasteiger partial charge on any atom is -0.487 e. The van der Waals surface area contributed by atoms with Crippen LogP contribution in [0, 0.1) is 0 Å². The number of rotatable bonds is 8. The molecule has 1 heterocycles. The Morgan fingerprint density at radius 3 is 2.91 bits per heavy atom. The Labute approximate surface area is 128 Å². The second-order valence-electron chi connectivity index (χ2n) is 4.78. The highest BCUT2D eigenvalue weighted by atomic mass is 16.5. The summed E-state index contributed by atoms with van der Waals surface area (Å²) in [6, 6.07) is 7.64. The predicted octanol–water partition coefficient (Wildman–Crippen LogP) is 1.50. The number of aromatic carboxylic acids is 1. The van der Waals surface area contributed by atoms with Gasteiger partial charge in [-0.1, -0.05) is 24.3 Å². The van der Waals surface area contributed by atoms with E-state index in [-0.39, 0.29) is 18.9 Å². The molecular formula is C15H19N3O4. The average Bonchev–Trinajstić information content (AvgIpc) is 2.94. The van der Waals surface area contributed by atoms with Crippen molar-refractivity contribution < 1.29 is 19.7 Å². The SMILES string of the molecule is CCc1cccc(OCc2c(C(=O)O)nnn2CCCO)c1. The van der Waals surface area contributed by atoms with E-state index in [2.05, 4.69) is 17.2 Å². The maximum absolute atomic E-state index is 11.2. The molecule has 7 nitrogen and oxygen atoms in total. The number of hydrogen-bond acceptors (Lipinski definition) is 5. The highest BCUT2D eigenvalue weighted by Gasteiger charge is 2.19. The van der Waals surface area contributed by atoms with Crippen LogP contribution < -0.4 is 4.74 Å². The number of aryl methyl sites for hydroxylation is 2. The number of aliphatic hydroxyl groups excluding tert-OH is 1. The lowest BCUT2D eigenvalue weighted by Crippen LogP contribution is -2.12. The van der Waals surface area contributed by atoms with E-state index < -0.39 is 5.97 Å². The number of carboxylic acid groups (broad SMARTS) is 1. The van der Waals surface area contributed by atoms with Gasteiger partial charge in [-0.15, -0.1) is 5.10 Å². The third kappa shape index (κ3) is 3.82. The quantitative estimate of drug-likeness (QED) is 0.767. The molecule has 0 atom stereocenters. The maximum Gasteiger partial charge on any atom is 0.358 e. The molecule has 2 N–H and O–H groups in total. The summed E-state index contributed by atoms with van der Waals surface area (Å²) in [4.78, 5) is 11.2. The van der Waals surface area contributed by atoms with E-state index in [0.29, 0.717) is 24.4 Å². The van der Waals surface area contributed by atoms with Crippen molar-refractivity contribution in [3.63, 3.8) is 0 Å². The van der Waals surface area contributed by atoms with Gasteiger partial charge < -0.3 is 14.9 Å². The second kappa shape index (κ2) is 7.56. The van der Waals surface area contributed by atoms with Crippen LogP contribution in [0.5, 0.6) is 5.75 Å². The highest BCUT2D eigenvalue weighted by molar-refractivity contribution is 5.86. The Balaban J connectivity index is 2.15. The lowest BCUT2D eigenvalue weighted by Gasteiger charge is -2.09. The van der Waals surface area contributed by atoms with E-state index in [9.17, 15) is 4.79 Å². The molecular weight excluding hydrogens is 286 g/mol. The number of aromatic nitrogens is 3. The number of aliphatic hydroxyl groups is 1. The number of hydrogen-bond donors (Lipinski definition) is 2. The normalized spacial score (nSPS) is 10.6. The Morgan fingerprint density at radius 1 is 1.41 bits per heavy atom. The van der Waals surface area contributed by atoms with E-state index in [1.165, 1.54) is 4.68 Å². The summed E-state index contributed by atoms with van der Waals surface area (Å²) >= 11 is 0. The molecule has 0 amide bonds. The van der Waals surface area contributed by atoms with Crippen molar-refractivity contribution in [1.29, 1.82) is 0 Å². The third-order valence-electron chi connectivity index (χ3n) is 3.25. The number of carbonyl (C=O) groups is 1. The minimum atomic E-state index is -1.14. The van der Waals surface area contributed by atoms with Gasteiger partial charge in [-0.25, -0.2) is 9.48 Å². The van der Waals surface area contributed by atoms with Crippen LogP contribution in [0.2, 0.25) is 0 Å². The van der Waals surface area contributed by atoms with Crippen LogP contribution in [-0.4, -0.2) is 37.8 Å². The van der Waals surface area contributed by atoms with Gasteiger partial charge in [0.15, 0.2) is 5.69 Å². The first-order valence-electron chi connectivity index (χ1n) is 7.14. The Hall–Kier alpha value is -2.41. The van der Waals surface area contributed by atoms with E-state index in [1.54, 1.807) is 0 Å². The molecule has 2 aromatic rings. The Morgan fingerprint density at radius 2 is 2.23 bits per heavy atom. The van der Waals surface area contributed by atoms with Gasteiger partial charge in [-0.3, -0.25) is 0 Å².